The molecule has 4 heteroatoms. The van der Waals surface area contributed by atoms with Crippen molar-refractivity contribution in [3.63, 3.8) is 0 Å². The zero-order valence-electron chi connectivity index (χ0n) is 30.5. The largest absolute Gasteiger partial charge is 0.310 e. The molecule has 10 rings (SSSR count). The Labute approximate surface area is 330 Å². The van der Waals surface area contributed by atoms with E-state index in [1.54, 1.807) is 0 Å². The molecule has 8 aromatic carbocycles. The van der Waals surface area contributed by atoms with E-state index in [0.717, 1.165) is 51.0 Å². The summed E-state index contributed by atoms with van der Waals surface area (Å²) in [5.74, 6) is 0.720. The molecule has 2 aromatic heterocycles. The number of thiophene rings is 1. The molecule has 0 bridgehead atoms. The van der Waals surface area contributed by atoms with Crippen LogP contribution in [0.2, 0.25) is 0 Å². The van der Waals surface area contributed by atoms with Crippen LogP contribution in [0.5, 0.6) is 0 Å². The highest BCUT2D eigenvalue weighted by Gasteiger charge is 2.19. The summed E-state index contributed by atoms with van der Waals surface area (Å²) in [5, 5.41) is 2.37. The molecular weight excluding hydrogens is 699 g/mol. The third-order valence-corrected chi connectivity index (χ3v) is 11.4. The number of hydrogen-bond acceptors (Lipinski definition) is 4. The molecule has 2 heterocycles. The van der Waals surface area contributed by atoms with E-state index in [1.807, 2.05) is 23.5 Å². The Morgan fingerprint density at radius 1 is 0.339 bits per heavy atom. The zero-order chi connectivity index (χ0) is 37.3. The Bertz CT molecular complexity index is 2880. The molecule has 0 spiro atoms. The van der Waals surface area contributed by atoms with Crippen molar-refractivity contribution in [2.24, 2.45) is 0 Å². The van der Waals surface area contributed by atoms with Crippen molar-refractivity contribution >= 4 is 48.6 Å². The van der Waals surface area contributed by atoms with E-state index >= 15 is 0 Å². The first-order chi connectivity index (χ1) is 27.7. The average molecular weight is 734 g/mol. The zero-order valence-corrected chi connectivity index (χ0v) is 31.3. The minimum Gasteiger partial charge on any atom is -0.310 e. The lowest BCUT2D eigenvalue weighted by Crippen LogP contribution is -2.09. The molecule has 264 valence electrons. The normalized spacial score (nSPS) is 11.2. The fourth-order valence-corrected chi connectivity index (χ4v) is 8.72. The summed E-state index contributed by atoms with van der Waals surface area (Å²) in [6.45, 7) is 0. The highest BCUT2D eigenvalue weighted by molar-refractivity contribution is 7.26. The molecule has 0 radical (unpaired) electrons. The quantitative estimate of drug-likeness (QED) is 0.156. The predicted molar refractivity (Wildman–Crippen MR) is 237 cm³/mol. The van der Waals surface area contributed by atoms with Crippen LogP contribution < -0.4 is 4.90 Å². The monoisotopic (exact) mass is 733 g/mol. The molecule has 0 saturated carbocycles. The van der Waals surface area contributed by atoms with Crippen LogP contribution in [0.25, 0.3) is 76.3 Å². The van der Waals surface area contributed by atoms with Crippen LogP contribution in [-0.4, -0.2) is 9.97 Å². The Balaban J connectivity index is 1.12. The molecule has 0 aliphatic carbocycles. The van der Waals surface area contributed by atoms with Crippen LogP contribution in [0.4, 0.5) is 17.1 Å². The maximum absolute atomic E-state index is 5.21. The summed E-state index contributed by atoms with van der Waals surface area (Å²) in [7, 11) is 0. The fourth-order valence-electron chi connectivity index (χ4n) is 7.56. The molecule has 10 aromatic rings. The van der Waals surface area contributed by atoms with Gasteiger partial charge in [0, 0.05) is 53.9 Å². The summed E-state index contributed by atoms with van der Waals surface area (Å²) in [6.07, 6.45) is 0. The summed E-state index contributed by atoms with van der Waals surface area (Å²) in [4.78, 5) is 12.8. The third-order valence-electron chi connectivity index (χ3n) is 10.3. The summed E-state index contributed by atoms with van der Waals surface area (Å²) >= 11 is 1.81. The summed E-state index contributed by atoms with van der Waals surface area (Å²) in [5.41, 5.74) is 13.0. The van der Waals surface area contributed by atoms with E-state index in [2.05, 4.69) is 205 Å². The first kappa shape index (κ1) is 33.4. The van der Waals surface area contributed by atoms with Gasteiger partial charge in [0.25, 0.3) is 0 Å². The van der Waals surface area contributed by atoms with Gasteiger partial charge in [-0.2, -0.15) is 0 Å². The van der Waals surface area contributed by atoms with Crippen LogP contribution in [0, 0.1) is 0 Å². The number of anilines is 3. The number of rotatable bonds is 8. The minimum atomic E-state index is 0.720. The van der Waals surface area contributed by atoms with Gasteiger partial charge >= 0.3 is 0 Å². The van der Waals surface area contributed by atoms with Crippen molar-refractivity contribution in [1.82, 2.24) is 9.97 Å². The second-order valence-electron chi connectivity index (χ2n) is 13.8. The van der Waals surface area contributed by atoms with Gasteiger partial charge in [0.1, 0.15) is 0 Å². The van der Waals surface area contributed by atoms with Gasteiger partial charge < -0.3 is 4.90 Å². The van der Waals surface area contributed by atoms with Crippen LogP contribution in [-0.2, 0) is 0 Å². The standard InChI is InChI=1S/C52H35N3S/c1-5-15-36(16-6-1)38-27-29-42(30-28-38)55(43-24-13-23-41(33-43)37-17-7-2-8-18-37)44-31-32-45-50(34-44)56-49-26-14-25-46(51(45)49)52-53-47(39-19-9-3-10-20-39)35-48(54-52)40-21-11-4-12-22-40/h1-35H. The lowest BCUT2D eigenvalue weighted by Gasteiger charge is -2.26. The molecule has 0 fully saturated rings. The van der Waals surface area contributed by atoms with Gasteiger partial charge in [-0.1, -0.05) is 164 Å². The molecule has 3 nitrogen and oxygen atoms in total. The second kappa shape index (κ2) is 14.6. The molecule has 56 heavy (non-hydrogen) atoms. The summed E-state index contributed by atoms with van der Waals surface area (Å²) < 4.78 is 2.41. The second-order valence-corrected chi connectivity index (χ2v) is 14.9. The maximum Gasteiger partial charge on any atom is 0.161 e. The molecular formula is C52H35N3S. The van der Waals surface area contributed by atoms with E-state index in [9.17, 15) is 0 Å². The number of benzene rings is 8. The van der Waals surface area contributed by atoms with E-state index in [-0.39, 0.29) is 0 Å². The molecule has 0 saturated heterocycles. The molecule has 0 atom stereocenters. The number of fused-ring (bicyclic) bond motifs is 3. The average Bonchev–Trinajstić information content (AvgIpc) is 3.66. The number of aromatic nitrogens is 2. The lowest BCUT2D eigenvalue weighted by atomic mass is 10.0. The van der Waals surface area contributed by atoms with Gasteiger partial charge in [-0.3, -0.25) is 0 Å². The molecule has 0 unspecified atom stereocenters. The Morgan fingerprint density at radius 3 is 1.46 bits per heavy atom. The van der Waals surface area contributed by atoms with Gasteiger partial charge in [-0.25, -0.2) is 9.97 Å². The third kappa shape index (κ3) is 6.42. The first-order valence-electron chi connectivity index (χ1n) is 18.8. The maximum atomic E-state index is 5.21. The van der Waals surface area contributed by atoms with Crippen molar-refractivity contribution in [1.29, 1.82) is 0 Å². The van der Waals surface area contributed by atoms with Crippen molar-refractivity contribution < 1.29 is 0 Å². The smallest absolute Gasteiger partial charge is 0.161 e. The first-order valence-corrected chi connectivity index (χ1v) is 19.6. The Morgan fingerprint density at radius 2 is 0.839 bits per heavy atom. The SMILES string of the molecule is c1ccc(-c2ccc(N(c3cccc(-c4ccccc4)c3)c3ccc4c(c3)sc3cccc(-c5nc(-c6ccccc6)cc(-c6ccccc6)n5)c34)cc2)cc1. The van der Waals surface area contributed by atoms with Crippen molar-refractivity contribution in [3.8, 4) is 56.2 Å². The molecule has 0 aliphatic heterocycles. The van der Waals surface area contributed by atoms with Gasteiger partial charge in [0.15, 0.2) is 5.82 Å². The lowest BCUT2D eigenvalue weighted by molar-refractivity contribution is 1.19. The van der Waals surface area contributed by atoms with Gasteiger partial charge in [-0.05, 0) is 70.8 Å². The molecule has 0 N–H and O–H groups in total. The van der Waals surface area contributed by atoms with Gasteiger partial charge in [0.05, 0.1) is 11.4 Å². The molecule has 0 aliphatic rings. The van der Waals surface area contributed by atoms with Crippen LogP contribution in [0.1, 0.15) is 0 Å². The van der Waals surface area contributed by atoms with Crippen LogP contribution in [0.3, 0.4) is 0 Å². The highest BCUT2D eigenvalue weighted by atomic mass is 32.1. The Hall–Kier alpha value is -7.14. The van der Waals surface area contributed by atoms with Crippen molar-refractivity contribution in [2.45, 2.75) is 0 Å². The van der Waals surface area contributed by atoms with Gasteiger partial charge in [0.2, 0.25) is 0 Å². The highest BCUT2D eigenvalue weighted by Crippen LogP contribution is 2.44. The van der Waals surface area contributed by atoms with Crippen molar-refractivity contribution in [3.05, 3.63) is 212 Å². The summed E-state index contributed by atoms with van der Waals surface area (Å²) in [6, 6.07) is 75.1. The van der Waals surface area contributed by atoms with E-state index < -0.39 is 0 Å². The number of hydrogen-bond donors (Lipinski definition) is 0. The van der Waals surface area contributed by atoms with Crippen LogP contribution >= 0.6 is 11.3 Å². The minimum absolute atomic E-state index is 0.720. The fraction of sp³-hybridized carbons (Fsp3) is 0. The van der Waals surface area contributed by atoms with Crippen LogP contribution in [0.15, 0.2) is 212 Å². The predicted octanol–water partition coefficient (Wildman–Crippen LogP) is 14.6. The van der Waals surface area contributed by atoms with E-state index in [4.69, 9.17) is 9.97 Å². The topological polar surface area (TPSA) is 29.0 Å². The van der Waals surface area contributed by atoms with E-state index in [0.29, 0.717) is 0 Å². The Kier molecular flexibility index (Phi) is 8.71. The molecule has 0 amide bonds. The van der Waals surface area contributed by atoms with Gasteiger partial charge in [-0.15, -0.1) is 11.3 Å². The van der Waals surface area contributed by atoms with E-state index in [1.165, 1.54) is 42.4 Å². The van der Waals surface area contributed by atoms with Crippen molar-refractivity contribution in [2.75, 3.05) is 4.90 Å². The number of nitrogens with zero attached hydrogens (tertiary/aromatic N) is 3.